The predicted molar refractivity (Wildman–Crippen MR) is 83.1 cm³/mol. The Morgan fingerprint density at radius 3 is 2.17 bits per heavy atom. The molecule has 132 valence electrons. The van der Waals surface area contributed by atoms with Crippen molar-refractivity contribution >= 4 is 24.2 Å². The molecule has 0 unspecified atom stereocenters. The van der Waals surface area contributed by atoms with E-state index in [1.807, 2.05) is 0 Å². The average Bonchev–Trinajstić information content (AvgIpc) is 2.58. The average molecular weight is 345 g/mol. The van der Waals surface area contributed by atoms with Gasteiger partial charge in [-0.05, 0) is 45.9 Å². The van der Waals surface area contributed by atoms with Crippen LogP contribution in [-0.4, -0.2) is 30.6 Å². The Morgan fingerprint density at radius 2 is 1.71 bits per heavy atom. The van der Waals surface area contributed by atoms with Gasteiger partial charge in [-0.2, -0.15) is 0 Å². The van der Waals surface area contributed by atoms with Crippen molar-refractivity contribution in [3.8, 4) is 5.75 Å². The van der Waals surface area contributed by atoms with Crippen LogP contribution in [-0.2, 0) is 14.1 Å². The Kier molecular flexibility index (Phi) is 4.62. The van der Waals surface area contributed by atoms with E-state index >= 15 is 0 Å². The molecule has 0 radical (unpaired) electrons. The number of hydrogen-bond acceptors (Lipinski definition) is 4. The van der Waals surface area contributed by atoms with Crippen molar-refractivity contribution < 1.29 is 32.0 Å². The molecule has 0 aromatic heterocycles. The Hall–Kier alpha value is -1.74. The third-order valence-corrected chi connectivity index (χ3v) is 4.06. The first-order valence-corrected chi connectivity index (χ1v) is 7.34. The second-order valence-corrected chi connectivity index (χ2v) is 6.57. The summed E-state index contributed by atoms with van der Waals surface area (Å²) >= 11 is 0. The fourth-order valence-corrected chi connectivity index (χ4v) is 2.20. The summed E-state index contributed by atoms with van der Waals surface area (Å²) in [6.45, 7) is 8.45. The van der Waals surface area contributed by atoms with Gasteiger partial charge in [-0.3, -0.25) is 4.79 Å². The summed E-state index contributed by atoms with van der Waals surface area (Å²) in [6.07, 6.45) is -4.85. The molecule has 1 fully saturated rings. The standard InChI is InChI=1S/C15H19BF3NO4/c1-9(21)20-10-6-7-12(22-15(17,18)19)11(8-10)16-23-13(2,3)14(4,5)24-16/h6-8H,1-5H3,(H,20,21). The van der Waals surface area contributed by atoms with E-state index in [1.165, 1.54) is 19.1 Å². The highest BCUT2D eigenvalue weighted by Gasteiger charge is 2.53. The van der Waals surface area contributed by atoms with Gasteiger partial charge in [0.2, 0.25) is 5.91 Å². The van der Waals surface area contributed by atoms with Crippen LogP contribution in [0.5, 0.6) is 5.75 Å². The summed E-state index contributed by atoms with van der Waals surface area (Å²) in [5.41, 5.74) is -1.08. The third kappa shape index (κ3) is 4.02. The summed E-state index contributed by atoms with van der Waals surface area (Å²) in [7, 11) is -1.05. The largest absolute Gasteiger partial charge is 0.573 e. The van der Waals surface area contributed by atoms with Gasteiger partial charge in [0.15, 0.2) is 0 Å². The molecule has 1 heterocycles. The van der Waals surface area contributed by atoms with Gasteiger partial charge in [0.05, 0.1) is 11.2 Å². The lowest BCUT2D eigenvalue weighted by atomic mass is 9.78. The van der Waals surface area contributed by atoms with E-state index in [0.717, 1.165) is 6.07 Å². The van der Waals surface area contributed by atoms with E-state index in [1.54, 1.807) is 27.7 Å². The molecule has 9 heteroatoms. The molecular formula is C15H19BF3NO4. The third-order valence-electron chi connectivity index (χ3n) is 4.06. The number of benzene rings is 1. The molecule has 0 spiro atoms. The van der Waals surface area contributed by atoms with E-state index in [2.05, 4.69) is 10.1 Å². The number of halogens is 3. The minimum Gasteiger partial charge on any atom is -0.406 e. The highest BCUT2D eigenvalue weighted by Crippen LogP contribution is 2.37. The molecule has 1 aliphatic heterocycles. The Labute approximate surface area is 138 Å². The molecular weight excluding hydrogens is 326 g/mol. The number of anilines is 1. The van der Waals surface area contributed by atoms with Gasteiger partial charge in [-0.25, -0.2) is 0 Å². The van der Waals surface area contributed by atoms with Crippen molar-refractivity contribution in [2.75, 3.05) is 5.32 Å². The number of alkyl halides is 3. The maximum absolute atomic E-state index is 12.6. The number of carbonyl (C=O) groups excluding carboxylic acids is 1. The molecule has 1 amide bonds. The van der Waals surface area contributed by atoms with Gasteiger partial charge in [-0.1, -0.05) is 0 Å². The van der Waals surface area contributed by atoms with Crippen LogP contribution >= 0.6 is 0 Å². The minimum absolute atomic E-state index is 0.0530. The molecule has 1 aromatic rings. The first kappa shape index (κ1) is 18.6. The molecule has 24 heavy (non-hydrogen) atoms. The van der Waals surface area contributed by atoms with Gasteiger partial charge >= 0.3 is 13.5 Å². The second-order valence-electron chi connectivity index (χ2n) is 6.57. The van der Waals surface area contributed by atoms with E-state index < -0.39 is 30.4 Å². The normalized spacial score (nSPS) is 19.2. The van der Waals surface area contributed by atoms with Crippen LogP contribution in [0.15, 0.2) is 18.2 Å². The summed E-state index contributed by atoms with van der Waals surface area (Å²) < 4.78 is 53.6. The molecule has 5 nitrogen and oxygen atoms in total. The van der Waals surface area contributed by atoms with Crippen molar-refractivity contribution in [1.82, 2.24) is 0 Å². The van der Waals surface area contributed by atoms with Crippen LogP contribution in [0.25, 0.3) is 0 Å². The number of hydrogen-bond donors (Lipinski definition) is 1. The van der Waals surface area contributed by atoms with Crippen molar-refractivity contribution in [1.29, 1.82) is 0 Å². The molecule has 1 N–H and O–H groups in total. The van der Waals surface area contributed by atoms with Crippen LogP contribution in [0.1, 0.15) is 34.6 Å². The molecule has 0 atom stereocenters. The first-order chi connectivity index (χ1) is 10.8. The molecule has 0 saturated carbocycles. The SMILES string of the molecule is CC(=O)Nc1ccc(OC(F)(F)F)c(B2OC(C)(C)C(C)(C)O2)c1. The Balaban J connectivity index is 2.43. The summed E-state index contributed by atoms with van der Waals surface area (Å²) in [5, 5.41) is 2.51. The number of carbonyl (C=O) groups is 1. The van der Waals surface area contributed by atoms with E-state index in [4.69, 9.17) is 9.31 Å². The lowest BCUT2D eigenvalue weighted by Gasteiger charge is -2.32. The highest BCUT2D eigenvalue weighted by molar-refractivity contribution is 6.63. The summed E-state index contributed by atoms with van der Waals surface area (Å²) in [4.78, 5) is 11.2. The van der Waals surface area contributed by atoms with Crippen molar-refractivity contribution in [3.63, 3.8) is 0 Å². The fraction of sp³-hybridized carbons (Fsp3) is 0.533. The molecule has 1 aliphatic rings. The predicted octanol–water partition coefficient (Wildman–Crippen LogP) is 2.84. The lowest BCUT2D eigenvalue weighted by molar-refractivity contribution is -0.274. The maximum atomic E-state index is 12.6. The minimum atomic E-state index is -4.85. The molecule has 0 aliphatic carbocycles. The van der Waals surface area contributed by atoms with Gasteiger partial charge in [0, 0.05) is 18.1 Å². The first-order valence-electron chi connectivity index (χ1n) is 7.34. The highest BCUT2D eigenvalue weighted by atomic mass is 19.4. The fourth-order valence-electron chi connectivity index (χ4n) is 2.20. The van der Waals surface area contributed by atoms with Crippen LogP contribution < -0.4 is 15.5 Å². The van der Waals surface area contributed by atoms with E-state index in [-0.39, 0.29) is 11.4 Å². The molecule has 1 aromatic carbocycles. The lowest BCUT2D eigenvalue weighted by Crippen LogP contribution is -2.41. The van der Waals surface area contributed by atoms with Crippen LogP contribution in [0, 0.1) is 0 Å². The number of amides is 1. The zero-order valence-corrected chi connectivity index (χ0v) is 14.1. The van der Waals surface area contributed by atoms with Crippen molar-refractivity contribution in [2.24, 2.45) is 0 Å². The maximum Gasteiger partial charge on any atom is 0.573 e. The Bertz CT molecular complexity index is 630. The van der Waals surface area contributed by atoms with Gasteiger partial charge in [0.25, 0.3) is 0 Å². The van der Waals surface area contributed by atoms with Crippen LogP contribution in [0.2, 0.25) is 0 Å². The van der Waals surface area contributed by atoms with Crippen LogP contribution in [0.3, 0.4) is 0 Å². The van der Waals surface area contributed by atoms with Gasteiger partial charge < -0.3 is 19.4 Å². The number of ether oxygens (including phenoxy) is 1. The van der Waals surface area contributed by atoms with Crippen molar-refractivity contribution in [2.45, 2.75) is 52.2 Å². The zero-order valence-electron chi connectivity index (χ0n) is 14.1. The number of nitrogens with one attached hydrogen (secondary N) is 1. The number of rotatable bonds is 3. The van der Waals surface area contributed by atoms with Gasteiger partial charge in [0.1, 0.15) is 5.75 Å². The quantitative estimate of drug-likeness (QED) is 0.856. The second kappa shape index (κ2) is 5.96. The Morgan fingerprint density at radius 1 is 1.17 bits per heavy atom. The van der Waals surface area contributed by atoms with Gasteiger partial charge in [-0.15, -0.1) is 13.2 Å². The zero-order chi connectivity index (χ0) is 18.3. The smallest absolute Gasteiger partial charge is 0.406 e. The summed E-state index contributed by atoms with van der Waals surface area (Å²) in [5.74, 6) is -0.783. The topological polar surface area (TPSA) is 56.8 Å². The molecule has 2 rings (SSSR count). The summed E-state index contributed by atoms with van der Waals surface area (Å²) in [6, 6.07) is 3.79. The van der Waals surface area contributed by atoms with Crippen molar-refractivity contribution in [3.05, 3.63) is 18.2 Å². The van der Waals surface area contributed by atoms with E-state index in [9.17, 15) is 18.0 Å². The van der Waals surface area contributed by atoms with E-state index in [0.29, 0.717) is 5.69 Å². The van der Waals surface area contributed by atoms with Crippen LogP contribution in [0.4, 0.5) is 18.9 Å². The molecule has 1 saturated heterocycles. The molecule has 0 bridgehead atoms. The monoisotopic (exact) mass is 345 g/mol.